The van der Waals surface area contributed by atoms with E-state index in [4.69, 9.17) is 4.74 Å². The largest absolute Gasteiger partial charge is 0.462 e. The summed E-state index contributed by atoms with van der Waals surface area (Å²) in [5.74, 6) is -0.695. The first-order valence-electron chi connectivity index (χ1n) is 10.9. The third-order valence-electron chi connectivity index (χ3n) is 4.58. The maximum absolute atomic E-state index is 13.5. The molecule has 0 bridgehead atoms. The maximum atomic E-state index is 13.5. The van der Waals surface area contributed by atoms with Gasteiger partial charge in [-0.1, -0.05) is 27.7 Å². The molecular weight excluding hydrogens is 440 g/mol. The van der Waals surface area contributed by atoms with Crippen LogP contribution < -0.4 is 0 Å². The van der Waals surface area contributed by atoms with Crippen LogP contribution in [0.25, 0.3) is 0 Å². The van der Waals surface area contributed by atoms with Crippen LogP contribution in [0.1, 0.15) is 70.7 Å². The van der Waals surface area contributed by atoms with Crippen molar-refractivity contribution in [1.82, 2.24) is 8.61 Å². The van der Waals surface area contributed by atoms with Crippen molar-refractivity contribution < 1.29 is 26.4 Å². The van der Waals surface area contributed by atoms with E-state index < -0.39 is 26.0 Å². The summed E-state index contributed by atoms with van der Waals surface area (Å²) in [5.41, 5.74) is 0.00450. The molecule has 1 aromatic carbocycles. The van der Waals surface area contributed by atoms with Gasteiger partial charge < -0.3 is 4.74 Å². The van der Waals surface area contributed by atoms with Crippen LogP contribution in [0.15, 0.2) is 28.0 Å². The monoisotopic (exact) mass is 476 g/mol. The fraction of sp³-hybridized carbons (Fsp3) is 0.667. The van der Waals surface area contributed by atoms with Gasteiger partial charge in [-0.05, 0) is 50.8 Å². The van der Waals surface area contributed by atoms with Crippen LogP contribution >= 0.6 is 0 Å². The van der Waals surface area contributed by atoms with E-state index >= 15 is 0 Å². The average Bonchev–Trinajstić information content (AvgIpc) is 2.73. The van der Waals surface area contributed by atoms with E-state index in [1.165, 1.54) is 20.7 Å². The number of hydrogen-bond donors (Lipinski definition) is 0. The minimum atomic E-state index is -4.15. The predicted molar refractivity (Wildman–Crippen MR) is 121 cm³/mol. The van der Waals surface area contributed by atoms with Gasteiger partial charge in [-0.15, -0.1) is 0 Å². The molecule has 0 fully saturated rings. The molecule has 178 valence electrons. The van der Waals surface area contributed by atoms with Gasteiger partial charge in [0.2, 0.25) is 20.0 Å². The summed E-state index contributed by atoms with van der Waals surface area (Å²) in [5, 5.41) is 0. The molecule has 0 spiro atoms. The Labute approximate surface area is 187 Å². The zero-order chi connectivity index (χ0) is 23.7. The average molecular weight is 477 g/mol. The van der Waals surface area contributed by atoms with Crippen LogP contribution in [0.3, 0.4) is 0 Å². The Hall–Kier alpha value is -1.49. The summed E-state index contributed by atoms with van der Waals surface area (Å²) >= 11 is 0. The molecule has 0 atom stereocenters. The normalized spacial score (nSPS) is 12.5. The summed E-state index contributed by atoms with van der Waals surface area (Å²) in [6.45, 7) is 10.3. The topological polar surface area (TPSA) is 101 Å². The summed E-state index contributed by atoms with van der Waals surface area (Å²) < 4.78 is 61.6. The molecule has 0 saturated carbocycles. The van der Waals surface area contributed by atoms with Gasteiger partial charge in [0.05, 0.1) is 12.2 Å². The molecule has 0 aliphatic rings. The number of benzene rings is 1. The first-order chi connectivity index (χ1) is 14.6. The van der Waals surface area contributed by atoms with Gasteiger partial charge in [0.15, 0.2) is 0 Å². The van der Waals surface area contributed by atoms with Crippen molar-refractivity contribution in [3.8, 4) is 0 Å². The van der Waals surface area contributed by atoms with Gasteiger partial charge in [-0.3, -0.25) is 0 Å². The molecule has 0 radical (unpaired) electrons. The van der Waals surface area contributed by atoms with Crippen LogP contribution in [-0.4, -0.2) is 64.2 Å². The van der Waals surface area contributed by atoms with Crippen molar-refractivity contribution >= 4 is 26.0 Å². The fourth-order valence-electron chi connectivity index (χ4n) is 3.24. The zero-order valence-electron chi connectivity index (χ0n) is 19.3. The molecule has 0 aliphatic carbocycles. The summed E-state index contributed by atoms with van der Waals surface area (Å²) in [6.07, 6.45) is 2.35. The van der Waals surface area contributed by atoms with Crippen LogP contribution in [0.2, 0.25) is 0 Å². The molecular formula is C21H36N2O6S2. The van der Waals surface area contributed by atoms with Crippen LogP contribution in [0, 0.1) is 0 Å². The second-order valence-electron chi connectivity index (χ2n) is 7.19. The lowest BCUT2D eigenvalue weighted by Crippen LogP contribution is -2.36. The fourth-order valence-corrected chi connectivity index (χ4v) is 7.28. The highest BCUT2D eigenvalue weighted by Gasteiger charge is 2.34. The van der Waals surface area contributed by atoms with Crippen molar-refractivity contribution in [2.45, 2.75) is 70.1 Å². The number of carbonyl (C=O) groups excluding carboxylic acids is 1. The second-order valence-corrected chi connectivity index (χ2v) is 11.0. The second kappa shape index (κ2) is 12.5. The Kier molecular flexibility index (Phi) is 11.1. The minimum absolute atomic E-state index is 0.00450. The van der Waals surface area contributed by atoms with E-state index in [-0.39, 0.29) is 48.1 Å². The highest BCUT2D eigenvalue weighted by molar-refractivity contribution is 7.92. The number of hydrogen-bond acceptors (Lipinski definition) is 6. The first-order valence-corrected chi connectivity index (χ1v) is 13.8. The Morgan fingerprint density at radius 1 is 0.742 bits per heavy atom. The van der Waals surface area contributed by atoms with Gasteiger partial charge in [0.1, 0.15) is 9.79 Å². The number of carbonyl (C=O) groups is 1. The summed E-state index contributed by atoms with van der Waals surface area (Å²) in [7, 11) is -8.24. The third kappa shape index (κ3) is 6.74. The Morgan fingerprint density at radius 3 is 1.55 bits per heavy atom. The number of sulfonamides is 2. The number of nitrogens with zero attached hydrogens (tertiary/aromatic N) is 2. The van der Waals surface area contributed by atoms with Gasteiger partial charge in [0.25, 0.3) is 0 Å². The lowest BCUT2D eigenvalue weighted by Gasteiger charge is -2.26. The summed E-state index contributed by atoms with van der Waals surface area (Å²) in [6, 6.07) is 3.65. The van der Waals surface area contributed by atoms with Crippen molar-refractivity contribution in [3.05, 3.63) is 23.8 Å². The van der Waals surface area contributed by atoms with Crippen LogP contribution in [0.5, 0.6) is 0 Å². The molecule has 0 aliphatic heterocycles. The SMILES string of the molecule is CCCN(CCC)S(=O)(=O)c1ccc(C(=O)OCC)cc1S(=O)(=O)N(CCC)CCC. The molecule has 1 rings (SSSR count). The first kappa shape index (κ1) is 27.5. The van der Waals surface area contributed by atoms with Gasteiger partial charge in [-0.25, -0.2) is 21.6 Å². The van der Waals surface area contributed by atoms with Crippen molar-refractivity contribution in [2.75, 3.05) is 32.8 Å². The molecule has 1 aromatic rings. The molecule has 0 heterocycles. The molecule has 8 nitrogen and oxygen atoms in total. The molecule has 0 unspecified atom stereocenters. The quantitative estimate of drug-likeness (QED) is 0.381. The van der Waals surface area contributed by atoms with Gasteiger partial charge >= 0.3 is 5.97 Å². The Bertz CT molecular complexity index is 917. The smallest absolute Gasteiger partial charge is 0.338 e. The third-order valence-corrected chi connectivity index (χ3v) is 8.61. The lowest BCUT2D eigenvalue weighted by molar-refractivity contribution is 0.0526. The number of esters is 1. The number of rotatable bonds is 14. The lowest BCUT2D eigenvalue weighted by atomic mass is 10.2. The molecule has 10 heteroatoms. The summed E-state index contributed by atoms with van der Waals surface area (Å²) in [4.78, 5) is 11.6. The van der Waals surface area contributed by atoms with Gasteiger partial charge in [0, 0.05) is 26.2 Å². The molecule has 0 N–H and O–H groups in total. The van der Waals surface area contributed by atoms with Crippen molar-refractivity contribution in [2.24, 2.45) is 0 Å². The highest BCUT2D eigenvalue weighted by Crippen LogP contribution is 2.29. The highest BCUT2D eigenvalue weighted by atomic mass is 32.2. The Morgan fingerprint density at radius 2 is 1.16 bits per heavy atom. The predicted octanol–water partition coefficient (Wildman–Crippen LogP) is 3.48. The minimum Gasteiger partial charge on any atom is -0.462 e. The molecule has 0 saturated heterocycles. The molecule has 31 heavy (non-hydrogen) atoms. The Balaban J connectivity index is 3.78. The zero-order valence-corrected chi connectivity index (χ0v) is 20.9. The molecule has 0 aromatic heterocycles. The van der Waals surface area contributed by atoms with Crippen LogP contribution in [-0.2, 0) is 24.8 Å². The van der Waals surface area contributed by atoms with E-state index in [2.05, 4.69) is 0 Å². The van der Waals surface area contributed by atoms with Gasteiger partial charge in [-0.2, -0.15) is 8.61 Å². The van der Waals surface area contributed by atoms with Crippen LogP contribution in [0.4, 0.5) is 0 Å². The van der Waals surface area contributed by atoms with Crippen molar-refractivity contribution in [1.29, 1.82) is 0 Å². The van der Waals surface area contributed by atoms with E-state index in [1.54, 1.807) is 6.92 Å². The van der Waals surface area contributed by atoms with E-state index in [0.717, 1.165) is 6.07 Å². The van der Waals surface area contributed by atoms with E-state index in [9.17, 15) is 21.6 Å². The standard InChI is InChI=1S/C21H36N2O6S2/c1-6-13-22(14-7-2)30(25,26)19-12-11-18(21(24)29-10-5)17-20(19)31(27,28)23(15-8-3)16-9-4/h11-12,17H,6-10,13-16H2,1-5H3. The van der Waals surface area contributed by atoms with E-state index in [0.29, 0.717) is 25.7 Å². The van der Waals surface area contributed by atoms with Crippen molar-refractivity contribution in [3.63, 3.8) is 0 Å². The molecule has 0 amide bonds. The van der Waals surface area contributed by atoms with E-state index in [1.807, 2.05) is 27.7 Å². The maximum Gasteiger partial charge on any atom is 0.338 e. The number of ether oxygens (including phenoxy) is 1.